The van der Waals surface area contributed by atoms with Gasteiger partial charge < -0.3 is 38.8 Å². The van der Waals surface area contributed by atoms with E-state index in [4.69, 9.17) is 18.3 Å². The number of nitrogens with one attached hydrogen (secondary N) is 3. The predicted molar refractivity (Wildman–Crippen MR) is 233 cm³/mol. The number of likely N-dealkylation sites (tertiary alicyclic amines) is 1. The zero-order valence-electron chi connectivity index (χ0n) is 34.6. The van der Waals surface area contributed by atoms with Crippen molar-refractivity contribution in [2.24, 2.45) is 0 Å². The third-order valence-corrected chi connectivity index (χ3v) is 14.2. The summed E-state index contributed by atoms with van der Waals surface area (Å²) in [5, 5.41) is 9.98. The lowest BCUT2D eigenvalue weighted by molar-refractivity contribution is 0.209. The first-order valence-electron chi connectivity index (χ1n) is 20.8. The maximum absolute atomic E-state index is 12.2. The van der Waals surface area contributed by atoms with E-state index in [1.807, 2.05) is 42.9 Å². The third kappa shape index (κ3) is 10.3. The van der Waals surface area contributed by atoms with Crippen molar-refractivity contribution in [2.45, 2.75) is 81.8 Å². The van der Waals surface area contributed by atoms with Crippen LogP contribution in [0.25, 0.3) is 27.9 Å². The van der Waals surface area contributed by atoms with E-state index in [-0.39, 0.29) is 22.4 Å². The van der Waals surface area contributed by atoms with Crippen LogP contribution in [-0.2, 0) is 26.2 Å². The van der Waals surface area contributed by atoms with Gasteiger partial charge in [0.15, 0.2) is 30.8 Å². The number of piperidine rings is 2. The van der Waals surface area contributed by atoms with Crippen LogP contribution in [-0.4, -0.2) is 99.3 Å². The molecule has 0 unspecified atom stereocenters. The highest BCUT2D eigenvalue weighted by Crippen LogP contribution is 2.36. The van der Waals surface area contributed by atoms with E-state index in [1.54, 1.807) is 50.2 Å². The molecule has 5 heterocycles. The lowest BCUT2D eigenvalue weighted by atomic mass is 10.0. The summed E-state index contributed by atoms with van der Waals surface area (Å²) in [7, 11) is -6.51. The molecule has 60 heavy (non-hydrogen) atoms. The van der Waals surface area contributed by atoms with Crippen LogP contribution in [0.2, 0.25) is 0 Å². The Bertz CT molecular complexity index is 2550. The van der Waals surface area contributed by atoms with Gasteiger partial charge in [-0.05, 0) is 119 Å². The van der Waals surface area contributed by atoms with Crippen molar-refractivity contribution in [3.05, 3.63) is 78.6 Å². The van der Waals surface area contributed by atoms with E-state index in [2.05, 4.69) is 43.0 Å². The molecule has 17 heteroatoms. The average molecular weight is 862 g/mol. The molecule has 3 aromatic heterocycles. The second-order valence-electron chi connectivity index (χ2n) is 14.9. The normalized spacial score (nSPS) is 15.8. The molecule has 2 saturated heterocycles. The van der Waals surface area contributed by atoms with E-state index in [0.29, 0.717) is 58.4 Å². The Morgan fingerprint density at radius 2 is 1.18 bits per heavy atom. The van der Waals surface area contributed by atoms with Crippen LogP contribution < -0.4 is 25.4 Å². The first-order valence-corrected chi connectivity index (χ1v) is 24.1. The Kier molecular flexibility index (Phi) is 13.7. The number of sulfone groups is 2. The Morgan fingerprint density at radius 1 is 0.700 bits per heavy atom. The molecular weight excluding hydrogens is 807 g/mol. The Hall–Kier alpha value is -5.10. The Morgan fingerprint density at radius 3 is 1.65 bits per heavy atom. The fourth-order valence-corrected chi connectivity index (χ4v) is 9.26. The van der Waals surface area contributed by atoms with Crippen LogP contribution in [0.1, 0.15) is 58.9 Å². The molecule has 2 aliphatic rings. The molecule has 15 nitrogen and oxygen atoms in total. The molecule has 2 fully saturated rings. The molecule has 0 radical (unpaired) electrons. The predicted octanol–water partition coefficient (Wildman–Crippen LogP) is 7.07. The molecule has 3 N–H and O–H groups in total. The minimum Gasteiger partial charge on any atom is -0.492 e. The number of benzene rings is 3. The van der Waals surface area contributed by atoms with Crippen LogP contribution in [0.3, 0.4) is 0 Å². The van der Waals surface area contributed by atoms with Gasteiger partial charge in [0.25, 0.3) is 12.0 Å². The molecule has 3 aromatic carbocycles. The number of aromatic nitrogens is 3. The summed E-state index contributed by atoms with van der Waals surface area (Å²) in [4.78, 5) is 11.8. The smallest absolute Gasteiger partial charge is 0.295 e. The van der Waals surface area contributed by atoms with Gasteiger partial charge in [0.1, 0.15) is 28.2 Å². The topological polar surface area (TPSA) is 183 Å². The van der Waals surface area contributed by atoms with Crippen molar-refractivity contribution in [3.8, 4) is 17.2 Å². The summed E-state index contributed by atoms with van der Waals surface area (Å²) >= 11 is 0. The second kappa shape index (κ2) is 19.1. The van der Waals surface area contributed by atoms with Crippen molar-refractivity contribution in [1.29, 1.82) is 0 Å². The standard InChI is InChI=1S/C29H36N4O5S.C14H19N3O3S/c1-4-36-26-17-21(18-27(37-5-2)28(26)33-13-7-8-14-33)20-32-15-11-22(12-16-32)30-29-31-24-19-23(39(34,35)6-3)9-10-25(24)38-29;1-2-21(18,19)11-3-4-13-12(9-11)17-14(20-13)16-10-5-7-15-8-6-10/h7-10,13-14,17-19,22H,4-6,11-12,15-16,20H2,1-3H3,(H,30,31);3-4,9-10,15H,2,5-8H2,1H3,(H,16,17). The average Bonchev–Trinajstić information content (AvgIpc) is 4.02. The van der Waals surface area contributed by atoms with E-state index in [9.17, 15) is 16.8 Å². The summed E-state index contributed by atoms with van der Waals surface area (Å²) in [5.41, 5.74) is 4.36. The summed E-state index contributed by atoms with van der Waals surface area (Å²) in [6.07, 6.45) is 7.92. The first kappa shape index (κ1) is 43.0. The number of oxazole rings is 2. The minimum absolute atomic E-state index is 0.0528. The van der Waals surface area contributed by atoms with Gasteiger partial charge in [-0.25, -0.2) is 16.8 Å². The summed E-state index contributed by atoms with van der Waals surface area (Å²) in [6, 6.07) is 19.3. The van der Waals surface area contributed by atoms with Gasteiger partial charge in [-0.2, -0.15) is 9.97 Å². The monoisotopic (exact) mass is 861 g/mol. The highest BCUT2D eigenvalue weighted by molar-refractivity contribution is 7.91. The van der Waals surface area contributed by atoms with Crippen LogP contribution in [0.5, 0.6) is 11.5 Å². The highest BCUT2D eigenvalue weighted by atomic mass is 32.2. The van der Waals surface area contributed by atoms with E-state index in [0.717, 1.165) is 81.2 Å². The van der Waals surface area contributed by atoms with Gasteiger partial charge in [-0.1, -0.05) is 13.8 Å². The molecule has 0 spiro atoms. The number of rotatable bonds is 15. The van der Waals surface area contributed by atoms with Crippen molar-refractivity contribution < 1.29 is 35.1 Å². The summed E-state index contributed by atoms with van der Waals surface area (Å²) in [6.45, 7) is 13.0. The number of fused-ring (bicyclic) bond motifs is 2. The molecule has 8 rings (SSSR count). The fraction of sp³-hybridized carbons (Fsp3) is 0.442. The number of anilines is 2. The number of hydrogen-bond donors (Lipinski definition) is 3. The highest BCUT2D eigenvalue weighted by Gasteiger charge is 2.24. The van der Waals surface area contributed by atoms with Gasteiger partial charge in [0.2, 0.25) is 0 Å². The summed E-state index contributed by atoms with van der Waals surface area (Å²) in [5.74, 6) is 1.77. The summed E-state index contributed by atoms with van der Waals surface area (Å²) < 4.78 is 73.8. The van der Waals surface area contributed by atoms with Crippen LogP contribution >= 0.6 is 0 Å². The van der Waals surface area contributed by atoms with Gasteiger partial charge in [-0.3, -0.25) is 4.90 Å². The van der Waals surface area contributed by atoms with Gasteiger partial charge in [0, 0.05) is 44.1 Å². The van der Waals surface area contributed by atoms with Crippen molar-refractivity contribution >= 4 is 53.9 Å². The maximum atomic E-state index is 12.2. The van der Waals surface area contributed by atoms with Crippen LogP contribution in [0.15, 0.2) is 91.7 Å². The van der Waals surface area contributed by atoms with Crippen molar-refractivity contribution in [3.63, 3.8) is 0 Å². The molecule has 0 atom stereocenters. The molecule has 0 aliphatic carbocycles. The Balaban J connectivity index is 0.000000218. The zero-order valence-corrected chi connectivity index (χ0v) is 36.3. The molecule has 6 aromatic rings. The maximum Gasteiger partial charge on any atom is 0.295 e. The zero-order chi connectivity index (χ0) is 42.3. The van der Waals surface area contributed by atoms with E-state index >= 15 is 0 Å². The number of nitrogens with zero attached hydrogens (tertiary/aromatic N) is 4. The molecule has 0 amide bonds. The molecule has 0 bridgehead atoms. The molecule has 0 saturated carbocycles. The van der Waals surface area contributed by atoms with E-state index in [1.165, 1.54) is 0 Å². The Labute approximate surface area is 351 Å². The number of ether oxygens (including phenoxy) is 2. The molecule has 2 aliphatic heterocycles. The quantitative estimate of drug-likeness (QED) is 0.0953. The van der Waals surface area contributed by atoms with Crippen LogP contribution in [0, 0.1) is 0 Å². The second-order valence-corrected chi connectivity index (χ2v) is 19.4. The van der Waals surface area contributed by atoms with Crippen molar-refractivity contribution in [1.82, 2.24) is 24.8 Å². The SMILES string of the molecule is CCOc1cc(CN2CCC(Nc3nc4cc(S(=O)(=O)CC)ccc4o3)CC2)cc(OCC)c1-n1cccc1.CCS(=O)(=O)c1ccc2oc(NC3CCNCC3)nc2c1. The van der Waals surface area contributed by atoms with Gasteiger partial charge in [-0.15, -0.1) is 0 Å². The third-order valence-electron chi connectivity index (χ3n) is 10.7. The lowest BCUT2D eigenvalue weighted by Gasteiger charge is -2.32. The fourth-order valence-electron chi connectivity index (χ4n) is 7.46. The van der Waals surface area contributed by atoms with Crippen LogP contribution in [0.4, 0.5) is 12.0 Å². The minimum atomic E-state index is -3.29. The van der Waals surface area contributed by atoms with Gasteiger partial charge in [0.05, 0.1) is 34.5 Å². The number of hydrogen-bond acceptors (Lipinski definition) is 14. The molecule has 322 valence electrons. The first-order chi connectivity index (χ1) is 29.0. The molecular formula is C43H55N7O8S2. The largest absolute Gasteiger partial charge is 0.492 e. The van der Waals surface area contributed by atoms with E-state index < -0.39 is 19.7 Å². The van der Waals surface area contributed by atoms with Crippen molar-refractivity contribution in [2.75, 3.05) is 61.5 Å². The van der Waals surface area contributed by atoms with Gasteiger partial charge >= 0.3 is 0 Å². The lowest BCUT2D eigenvalue weighted by Crippen LogP contribution is -2.38.